The highest BCUT2D eigenvalue weighted by atomic mass is 32.2. The van der Waals surface area contributed by atoms with Gasteiger partial charge in [-0.1, -0.05) is 28.1 Å². The summed E-state index contributed by atoms with van der Waals surface area (Å²) in [5.41, 5.74) is 0. The molecule has 9 nitrogen and oxygen atoms in total. The van der Waals surface area contributed by atoms with Crippen molar-refractivity contribution in [3.05, 3.63) is 0 Å². The second kappa shape index (κ2) is 14.3. The van der Waals surface area contributed by atoms with Crippen LogP contribution in [0.2, 0.25) is 0 Å². The lowest BCUT2D eigenvalue weighted by molar-refractivity contribution is -0.151. The Kier molecular flexibility index (Phi) is 14.0. The smallest absolute Gasteiger partial charge is 0.427 e. The third-order valence-corrected chi connectivity index (χ3v) is 11.2. The molecule has 0 saturated carbocycles. The normalized spacial score (nSPS) is 11.5. The van der Waals surface area contributed by atoms with Gasteiger partial charge in [0, 0.05) is 6.16 Å². The van der Waals surface area contributed by atoms with E-state index in [2.05, 4.69) is 0 Å². The summed E-state index contributed by atoms with van der Waals surface area (Å²) in [7, 11) is -5.97. The lowest BCUT2D eigenvalue weighted by Gasteiger charge is -2.12. The lowest BCUT2D eigenvalue weighted by atomic mass is 10.5. The number of hydrogen-bond donors (Lipinski definition) is 0. The first kappa shape index (κ1) is 27.3. The first-order valence-electron chi connectivity index (χ1n) is 7.72. The van der Waals surface area contributed by atoms with E-state index in [0.717, 1.165) is 11.8 Å². The fourth-order valence-electron chi connectivity index (χ4n) is 1.64. The predicted octanol–water partition coefficient (Wildman–Crippen LogP) is 4.49. The molecule has 0 radical (unpaired) electrons. The molecule has 0 fully saturated rings. The second-order valence-corrected chi connectivity index (χ2v) is 12.5. The molecule has 0 N–H and O–H groups in total. The molecule has 158 valence electrons. The van der Waals surface area contributed by atoms with Crippen molar-refractivity contribution >= 4 is 76.7 Å². The fourth-order valence-corrected chi connectivity index (χ4v) is 7.89. The van der Waals surface area contributed by atoms with Crippen LogP contribution in [0.3, 0.4) is 0 Å². The molecular formula is C14H21O9P2S3+. The number of carbonyl (C=O) groups is 5. The number of carbonyl (C=O) groups excluding carboxylic acids is 5. The Hall–Kier alpha value is -0.670. The third kappa shape index (κ3) is 9.69. The van der Waals surface area contributed by atoms with Crippen molar-refractivity contribution in [1.29, 1.82) is 0 Å². The average Bonchev–Trinajstić information content (AvgIpc) is 2.70. The molecule has 0 amide bonds. The van der Waals surface area contributed by atoms with Crippen LogP contribution < -0.4 is 0 Å². The number of thioether (sulfide) groups is 3. The van der Waals surface area contributed by atoms with E-state index in [9.17, 15) is 33.1 Å². The van der Waals surface area contributed by atoms with Gasteiger partial charge in [0.05, 0.1) is 12.8 Å². The molecule has 0 aromatic rings. The van der Waals surface area contributed by atoms with Crippen LogP contribution in [0.15, 0.2) is 0 Å². The molecule has 0 rings (SSSR count). The van der Waals surface area contributed by atoms with Gasteiger partial charge in [-0.05, 0) is 30.5 Å². The number of hydrogen-bond acceptors (Lipinski definition) is 12. The van der Waals surface area contributed by atoms with Crippen LogP contribution in [0.5, 0.6) is 0 Å². The molecule has 0 heterocycles. The Labute approximate surface area is 176 Å². The summed E-state index contributed by atoms with van der Waals surface area (Å²) < 4.78 is 33.5. The van der Waals surface area contributed by atoms with E-state index in [4.69, 9.17) is 9.47 Å². The summed E-state index contributed by atoms with van der Waals surface area (Å²) in [6.45, 7) is -0.513. The molecule has 1 atom stereocenters. The van der Waals surface area contributed by atoms with Crippen LogP contribution in [0.1, 0.15) is 12.8 Å². The van der Waals surface area contributed by atoms with Crippen molar-refractivity contribution in [2.45, 2.75) is 12.8 Å². The Morgan fingerprint density at radius 1 is 0.821 bits per heavy atom. The maximum Gasteiger partial charge on any atom is 0.427 e. The van der Waals surface area contributed by atoms with Crippen LogP contribution in [0, 0.1) is 0 Å². The SMILES string of the molecule is CSC(=O)[P+](=O)CCC(=O)OCCOC(=O)CCP(=O)(C(=O)SC)C(=O)SC. The van der Waals surface area contributed by atoms with Gasteiger partial charge in [-0.25, -0.2) is 4.79 Å². The van der Waals surface area contributed by atoms with Crippen molar-refractivity contribution in [2.75, 3.05) is 44.3 Å². The second-order valence-electron chi connectivity index (χ2n) is 4.92. The van der Waals surface area contributed by atoms with Crippen LogP contribution in [0.4, 0.5) is 14.4 Å². The van der Waals surface area contributed by atoms with E-state index >= 15 is 0 Å². The molecule has 0 spiro atoms. The zero-order chi connectivity index (χ0) is 21.7. The van der Waals surface area contributed by atoms with Crippen molar-refractivity contribution in [3.63, 3.8) is 0 Å². The molecule has 28 heavy (non-hydrogen) atoms. The quantitative estimate of drug-likeness (QED) is 0.216. The zero-order valence-corrected chi connectivity index (χ0v) is 19.8. The van der Waals surface area contributed by atoms with Crippen LogP contribution in [-0.2, 0) is 28.2 Å². The van der Waals surface area contributed by atoms with Gasteiger partial charge < -0.3 is 14.0 Å². The summed E-state index contributed by atoms with van der Waals surface area (Å²) in [6.07, 6.45) is 3.19. The molecule has 0 aromatic heterocycles. The van der Waals surface area contributed by atoms with E-state index in [1.54, 1.807) is 0 Å². The van der Waals surface area contributed by atoms with Gasteiger partial charge in [-0.15, -0.1) is 0 Å². The van der Waals surface area contributed by atoms with Crippen molar-refractivity contribution in [2.24, 2.45) is 0 Å². The predicted molar refractivity (Wildman–Crippen MR) is 113 cm³/mol. The van der Waals surface area contributed by atoms with E-state index < -0.39 is 47.6 Å². The van der Waals surface area contributed by atoms with Gasteiger partial charge in [0.1, 0.15) is 13.2 Å². The van der Waals surface area contributed by atoms with Crippen molar-refractivity contribution in [1.82, 2.24) is 0 Å². The Morgan fingerprint density at radius 3 is 1.71 bits per heavy atom. The highest BCUT2D eigenvalue weighted by Crippen LogP contribution is 2.55. The molecule has 1 unspecified atom stereocenters. The maximum atomic E-state index is 12.5. The third-order valence-electron chi connectivity index (χ3n) is 3.08. The van der Waals surface area contributed by atoms with E-state index in [-0.39, 0.29) is 32.2 Å². The lowest BCUT2D eigenvalue weighted by Crippen LogP contribution is -2.16. The summed E-state index contributed by atoms with van der Waals surface area (Å²) >= 11 is 2.17. The highest BCUT2D eigenvalue weighted by Gasteiger charge is 2.39. The number of rotatable bonds is 12. The van der Waals surface area contributed by atoms with Gasteiger partial charge in [-0.3, -0.25) is 19.2 Å². The van der Waals surface area contributed by atoms with Crippen LogP contribution in [0.25, 0.3) is 0 Å². The maximum absolute atomic E-state index is 12.5. The Balaban J connectivity index is 4.22. The van der Waals surface area contributed by atoms with Crippen molar-refractivity contribution in [3.8, 4) is 0 Å². The van der Waals surface area contributed by atoms with Gasteiger partial charge in [-0.2, -0.15) is 0 Å². The summed E-state index contributed by atoms with van der Waals surface area (Å²) in [4.78, 5) is 55.8. The largest absolute Gasteiger partial charge is 0.462 e. The molecular weight excluding hydrogens is 470 g/mol. The molecule has 0 aliphatic carbocycles. The van der Waals surface area contributed by atoms with Crippen molar-refractivity contribution < 1.29 is 42.6 Å². The summed E-state index contributed by atoms with van der Waals surface area (Å²) in [6, 6.07) is 0. The van der Waals surface area contributed by atoms with E-state index in [0.29, 0.717) is 23.5 Å². The molecule has 0 aliphatic rings. The molecule has 14 heteroatoms. The fraction of sp³-hybridized carbons (Fsp3) is 0.643. The van der Waals surface area contributed by atoms with Crippen LogP contribution in [-0.4, -0.2) is 70.8 Å². The van der Waals surface area contributed by atoms with Gasteiger partial charge in [0.25, 0.3) is 9.71 Å². The Morgan fingerprint density at radius 2 is 1.29 bits per heavy atom. The van der Waals surface area contributed by atoms with Crippen LogP contribution >= 0.6 is 50.2 Å². The van der Waals surface area contributed by atoms with E-state index in [1.807, 2.05) is 0 Å². The highest BCUT2D eigenvalue weighted by molar-refractivity contribution is 8.38. The zero-order valence-electron chi connectivity index (χ0n) is 15.5. The van der Waals surface area contributed by atoms with Gasteiger partial charge in [0.15, 0.2) is 6.16 Å². The molecule has 0 bridgehead atoms. The summed E-state index contributed by atoms with van der Waals surface area (Å²) in [5, 5.41) is 0. The molecule has 0 aromatic carbocycles. The minimum absolute atomic E-state index is 0.115. The minimum Gasteiger partial charge on any atom is -0.462 e. The summed E-state index contributed by atoms with van der Waals surface area (Å²) in [5.74, 6) is -1.47. The molecule has 0 saturated heterocycles. The first-order valence-corrected chi connectivity index (χ1v) is 14.7. The first-order chi connectivity index (χ1) is 13.1. The average molecular weight is 491 g/mol. The topological polar surface area (TPSA) is 138 Å². The number of ether oxygens (including phenoxy) is 2. The minimum atomic E-state index is -3.83. The Bertz CT molecular complexity index is 661. The number of esters is 2. The van der Waals surface area contributed by atoms with Gasteiger partial charge in [0.2, 0.25) is 7.14 Å². The monoisotopic (exact) mass is 491 g/mol. The molecule has 0 aliphatic heterocycles. The van der Waals surface area contributed by atoms with E-state index in [1.165, 1.54) is 18.8 Å². The standard InChI is InChI=1S/C14H21O9P2S3/c1-26-12(17)24(20)8-4-10(15)22-6-7-23-11(16)5-9-25(21,13(18)27-2)14(19)28-3/h4-9H2,1-3H3/q+1. The van der Waals surface area contributed by atoms with Gasteiger partial charge >= 0.3 is 24.6 Å².